The number of halogens is 1. The largest absolute Gasteiger partial charge is 0.507 e. The minimum Gasteiger partial charge on any atom is -0.507 e. The molecule has 1 aromatic carbocycles. The molecule has 0 radical (unpaired) electrons. The molecule has 17 heavy (non-hydrogen) atoms. The van der Waals surface area contributed by atoms with Gasteiger partial charge in [0.05, 0.1) is 5.56 Å². The molecule has 0 aromatic heterocycles. The van der Waals surface area contributed by atoms with Gasteiger partial charge in [0.2, 0.25) is 0 Å². The third-order valence-corrected chi connectivity index (χ3v) is 2.96. The van der Waals surface area contributed by atoms with Gasteiger partial charge in [-0.15, -0.1) is 0 Å². The maximum atomic E-state index is 11.5. The summed E-state index contributed by atoms with van der Waals surface area (Å²) in [6.45, 7) is 5.13. The van der Waals surface area contributed by atoms with Gasteiger partial charge in [-0.1, -0.05) is 25.4 Å². The van der Waals surface area contributed by atoms with E-state index in [1.165, 1.54) is 6.92 Å². The SMILES string of the molecule is Cc1c(Cl)cc(C(C)C)c(O)c1C(=O)C(=O)O. The Hall–Kier alpha value is -1.55. The van der Waals surface area contributed by atoms with E-state index in [4.69, 9.17) is 16.7 Å². The molecule has 0 atom stereocenters. The number of carbonyl (C=O) groups is 2. The van der Waals surface area contributed by atoms with E-state index in [0.717, 1.165) is 0 Å². The minimum absolute atomic E-state index is 0.0616. The molecule has 92 valence electrons. The monoisotopic (exact) mass is 256 g/mol. The first-order chi connectivity index (χ1) is 7.77. The highest BCUT2D eigenvalue weighted by molar-refractivity contribution is 6.42. The van der Waals surface area contributed by atoms with Gasteiger partial charge in [0.25, 0.3) is 5.78 Å². The Labute approximate surface area is 104 Å². The number of rotatable bonds is 3. The molecule has 1 rings (SSSR count). The van der Waals surface area contributed by atoms with Crippen molar-refractivity contribution in [3.8, 4) is 5.75 Å². The third-order valence-electron chi connectivity index (χ3n) is 2.57. The number of ketones is 1. The summed E-state index contributed by atoms with van der Waals surface area (Å²) in [5, 5.41) is 18.9. The Balaban J connectivity index is 3.58. The molecule has 0 fully saturated rings. The second-order valence-electron chi connectivity index (χ2n) is 4.09. The lowest BCUT2D eigenvalue weighted by molar-refractivity contribution is -0.131. The second kappa shape index (κ2) is 4.75. The van der Waals surface area contributed by atoms with Crippen molar-refractivity contribution in [2.24, 2.45) is 0 Å². The molecule has 0 saturated carbocycles. The van der Waals surface area contributed by atoms with Crippen LogP contribution < -0.4 is 0 Å². The van der Waals surface area contributed by atoms with Gasteiger partial charge in [-0.25, -0.2) is 4.79 Å². The molecule has 5 heteroatoms. The molecule has 0 saturated heterocycles. The van der Waals surface area contributed by atoms with Crippen LogP contribution in [0.25, 0.3) is 0 Å². The number of aliphatic carboxylic acids is 1. The topological polar surface area (TPSA) is 74.6 Å². The van der Waals surface area contributed by atoms with Crippen LogP contribution in [-0.4, -0.2) is 22.0 Å². The van der Waals surface area contributed by atoms with Gasteiger partial charge < -0.3 is 10.2 Å². The highest BCUT2D eigenvalue weighted by atomic mass is 35.5. The van der Waals surface area contributed by atoms with Crippen molar-refractivity contribution in [1.29, 1.82) is 0 Å². The summed E-state index contributed by atoms with van der Waals surface area (Å²) in [6, 6.07) is 1.55. The summed E-state index contributed by atoms with van der Waals surface area (Å²) >= 11 is 5.93. The average molecular weight is 257 g/mol. The van der Waals surface area contributed by atoms with Gasteiger partial charge in [-0.3, -0.25) is 4.79 Å². The maximum absolute atomic E-state index is 11.5. The number of benzene rings is 1. The van der Waals surface area contributed by atoms with Crippen LogP contribution in [-0.2, 0) is 4.79 Å². The molecule has 0 heterocycles. The number of hydrogen-bond donors (Lipinski definition) is 2. The molecule has 0 bridgehead atoms. The lowest BCUT2D eigenvalue weighted by Gasteiger charge is -2.14. The number of aromatic hydroxyl groups is 1. The number of carbonyl (C=O) groups excluding carboxylic acids is 1. The van der Waals surface area contributed by atoms with Crippen molar-refractivity contribution in [3.63, 3.8) is 0 Å². The van der Waals surface area contributed by atoms with Crippen molar-refractivity contribution in [3.05, 3.63) is 27.8 Å². The standard InChI is InChI=1S/C12H13ClO4/c1-5(2)7-4-8(13)6(3)9(10(7)14)11(15)12(16)17/h4-5,14H,1-3H3,(H,16,17). The smallest absolute Gasteiger partial charge is 0.377 e. The van der Waals surface area contributed by atoms with Crippen LogP contribution >= 0.6 is 11.6 Å². The van der Waals surface area contributed by atoms with E-state index >= 15 is 0 Å². The number of phenols is 1. The Bertz CT molecular complexity index is 492. The lowest BCUT2D eigenvalue weighted by Crippen LogP contribution is -2.15. The van der Waals surface area contributed by atoms with Crippen LogP contribution in [0.3, 0.4) is 0 Å². The van der Waals surface area contributed by atoms with Crippen molar-refractivity contribution in [2.45, 2.75) is 26.7 Å². The van der Waals surface area contributed by atoms with Gasteiger partial charge in [-0.05, 0) is 30.0 Å². The Morgan fingerprint density at radius 1 is 1.35 bits per heavy atom. The van der Waals surface area contributed by atoms with E-state index in [0.29, 0.717) is 5.56 Å². The molecular formula is C12H13ClO4. The molecule has 4 nitrogen and oxygen atoms in total. The zero-order valence-electron chi connectivity index (χ0n) is 9.74. The van der Waals surface area contributed by atoms with E-state index in [1.807, 2.05) is 13.8 Å². The number of phenolic OH excluding ortho intramolecular Hbond substituents is 1. The van der Waals surface area contributed by atoms with Crippen LogP contribution in [0.1, 0.15) is 41.3 Å². The fraction of sp³-hybridized carbons (Fsp3) is 0.333. The summed E-state index contributed by atoms with van der Waals surface area (Å²) < 4.78 is 0. The Morgan fingerprint density at radius 2 is 1.88 bits per heavy atom. The highest BCUT2D eigenvalue weighted by Gasteiger charge is 2.25. The van der Waals surface area contributed by atoms with E-state index in [1.54, 1.807) is 6.07 Å². The van der Waals surface area contributed by atoms with E-state index < -0.39 is 11.8 Å². The van der Waals surface area contributed by atoms with Crippen LogP contribution in [0.2, 0.25) is 5.02 Å². The zero-order valence-corrected chi connectivity index (χ0v) is 10.5. The van der Waals surface area contributed by atoms with Crippen LogP contribution in [0.5, 0.6) is 5.75 Å². The fourth-order valence-electron chi connectivity index (χ4n) is 1.58. The average Bonchev–Trinajstić information content (AvgIpc) is 2.22. The van der Waals surface area contributed by atoms with E-state index in [-0.39, 0.29) is 27.8 Å². The number of hydrogen-bond acceptors (Lipinski definition) is 3. The number of Topliss-reactive ketones (excluding diaryl/α,β-unsaturated/α-hetero) is 1. The van der Waals surface area contributed by atoms with Gasteiger partial charge in [0.1, 0.15) is 5.75 Å². The second-order valence-corrected chi connectivity index (χ2v) is 4.49. The summed E-state index contributed by atoms with van der Waals surface area (Å²) in [4.78, 5) is 22.2. The summed E-state index contributed by atoms with van der Waals surface area (Å²) in [7, 11) is 0. The van der Waals surface area contributed by atoms with E-state index in [9.17, 15) is 14.7 Å². The maximum Gasteiger partial charge on any atom is 0.377 e. The summed E-state index contributed by atoms with van der Waals surface area (Å²) in [6.07, 6.45) is 0. The summed E-state index contributed by atoms with van der Waals surface area (Å²) in [5.41, 5.74) is 0.514. The highest BCUT2D eigenvalue weighted by Crippen LogP contribution is 2.35. The van der Waals surface area contributed by atoms with Crippen molar-refractivity contribution >= 4 is 23.4 Å². The Kier molecular flexibility index (Phi) is 3.78. The first-order valence-electron chi connectivity index (χ1n) is 5.07. The molecule has 0 unspecified atom stereocenters. The van der Waals surface area contributed by atoms with Crippen LogP contribution in [0, 0.1) is 6.92 Å². The van der Waals surface area contributed by atoms with Crippen molar-refractivity contribution in [1.82, 2.24) is 0 Å². The molecule has 0 amide bonds. The van der Waals surface area contributed by atoms with Gasteiger partial charge in [0.15, 0.2) is 0 Å². The fourth-order valence-corrected chi connectivity index (χ4v) is 1.79. The van der Waals surface area contributed by atoms with Gasteiger partial charge in [-0.2, -0.15) is 0 Å². The van der Waals surface area contributed by atoms with Crippen molar-refractivity contribution in [2.75, 3.05) is 0 Å². The van der Waals surface area contributed by atoms with Crippen LogP contribution in [0.15, 0.2) is 6.07 Å². The third kappa shape index (κ3) is 2.42. The van der Waals surface area contributed by atoms with Gasteiger partial charge >= 0.3 is 5.97 Å². The molecule has 0 aliphatic heterocycles. The predicted molar refractivity (Wildman–Crippen MR) is 63.9 cm³/mol. The normalized spacial score (nSPS) is 10.6. The lowest BCUT2D eigenvalue weighted by atomic mass is 9.94. The Morgan fingerprint density at radius 3 is 2.29 bits per heavy atom. The first kappa shape index (κ1) is 13.5. The minimum atomic E-state index is -1.61. The molecule has 2 N–H and O–H groups in total. The summed E-state index contributed by atoms with van der Waals surface area (Å²) in [5.74, 6) is -3.12. The molecule has 0 spiro atoms. The first-order valence-corrected chi connectivity index (χ1v) is 5.44. The van der Waals surface area contributed by atoms with E-state index in [2.05, 4.69) is 0 Å². The number of carboxylic acids is 1. The predicted octanol–water partition coefficient (Wildman–Crippen LogP) is 2.74. The molecular weight excluding hydrogens is 244 g/mol. The zero-order chi connectivity index (χ0) is 13.3. The molecule has 1 aromatic rings. The number of carboxylic acid groups (broad SMARTS) is 1. The molecule has 0 aliphatic carbocycles. The van der Waals surface area contributed by atoms with Crippen LogP contribution in [0.4, 0.5) is 0 Å². The molecule has 0 aliphatic rings. The van der Waals surface area contributed by atoms with Crippen molar-refractivity contribution < 1.29 is 19.8 Å². The quantitative estimate of drug-likeness (QED) is 0.644. The van der Waals surface area contributed by atoms with Gasteiger partial charge in [0, 0.05) is 5.02 Å².